The quantitative estimate of drug-likeness (QED) is 0.336. The van der Waals surface area contributed by atoms with Gasteiger partial charge in [0.05, 0.1) is 19.8 Å². The van der Waals surface area contributed by atoms with Crippen LogP contribution in [0.5, 0.6) is 0 Å². The van der Waals surface area contributed by atoms with Crippen molar-refractivity contribution < 1.29 is 23.9 Å². The maximum absolute atomic E-state index is 12.7. The molecule has 1 saturated carbocycles. The Morgan fingerprint density at radius 3 is 2.00 bits per heavy atom. The van der Waals surface area contributed by atoms with Crippen molar-refractivity contribution in [1.29, 1.82) is 0 Å². The van der Waals surface area contributed by atoms with E-state index in [2.05, 4.69) is 32.8 Å². The average Bonchev–Trinajstić information content (AvgIpc) is 3.05. The van der Waals surface area contributed by atoms with Crippen molar-refractivity contribution in [3.8, 4) is 0 Å². The number of carbonyl (C=O) groups excluding carboxylic acids is 2. The minimum Gasteiger partial charge on any atom is -0.465 e. The van der Waals surface area contributed by atoms with E-state index in [9.17, 15) is 9.59 Å². The van der Waals surface area contributed by atoms with Crippen LogP contribution >= 0.6 is 0 Å². The van der Waals surface area contributed by atoms with Crippen molar-refractivity contribution in [2.24, 2.45) is 11.3 Å². The Morgan fingerprint density at radius 1 is 0.931 bits per heavy atom. The summed E-state index contributed by atoms with van der Waals surface area (Å²) in [5, 5.41) is 2.12. The third kappa shape index (κ3) is 5.02. The molecule has 1 unspecified atom stereocenters. The molecule has 0 aromatic carbocycles. The molecule has 0 spiro atoms. The van der Waals surface area contributed by atoms with E-state index in [0.717, 1.165) is 25.7 Å². The van der Waals surface area contributed by atoms with Crippen LogP contribution in [-0.4, -0.2) is 47.9 Å². The molecule has 2 fully saturated rings. The minimum absolute atomic E-state index is 0.0252. The molecule has 2 rings (SSSR count). The Hall–Kier alpha value is -1.40. The fourth-order valence-corrected chi connectivity index (χ4v) is 5.07. The minimum atomic E-state index is -1.23. The van der Waals surface area contributed by atoms with Crippen molar-refractivity contribution in [3.05, 3.63) is 12.2 Å². The van der Waals surface area contributed by atoms with Gasteiger partial charge in [0.2, 0.25) is 0 Å². The van der Waals surface area contributed by atoms with Gasteiger partial charge in [0, 0.05) is 17.0 Å². The maximum atomic E-state index is 12.7. The number of hydroxylamine groups is 2. The highest BCUT2D eigenvalue weighted by Gasteiger charge is 2.56. The zero-order valence-corrected chi connectivity index (χ0v) is 19.1. The van der Waals surface area contributed by atoms with Crippen LogP contribution in [0.15, 0.2) is 12.2 Å². The fraction of sp³-hybridized carbons (Fsp3) is 0.826. The molecule has 166 valence electrons. The molecule has 0 N–H and O–H groups in total. The summed E-state index contributed by atoms with van der Waals surface area (Å²) >= 11 is 0. The van der Waals surface area contributed by atoms with Crippen molar-refractivity contribution in [2.45, 2.75) is 91.1 Å². The van der Waals surface area contributed by atoms with E-state index < -0.39 is 17.4 Å². The molecule has 0 aromatic heterocycles. The summed E-state index contributed by atoms with van der Waals surface area (Å²) in [6, 6.07) is 0. The highest BCUT2D eigenvalue weighted by molar-refractivity contribution is 6.01. The van der Waals surface area contributed by atoms with E-state index in [0.29, 0.717) is 13.0 Å². The SMILES string of the molecule is CCOC(=O)C1(C(=O)OCC)CCCC1/C=C/CON1C(C)(C)CCCC1(C)C. The highest BCUT2D eigenvalue weighted by Crippen LogP contribution is 2.46. The largest absolute Gasteiger partial charge is 0.465 e. The van der Waals surface area contributed by atoms with E-state index >= 15 is 0 Å². The molecule has 1 aliphatic carbocycles. The first-order chi connectivity index (χ1) is 13.6. The fourth-order valence-electron chi connectivity index (χ4n) is 5.07. The smallest absolute Gasteiger partial charge is 0.324 e. The van der Waals surface area contributed by atoms with Crippen LogP contribution in [0.4, 0.5) is 0 Å². The predicted octanol–water partition coefficient (Wildman–Crippen LogP) is 4.43. The third-order valence-electron chi connectivity index (χ3n) is 6.34. The maximum Gasteiger partial charge on any atom is 0.324 e. The van der Waals surface area contributed by atoms with Gasteiger partial charge in [0.25, 0.3) is 0 Å². The van der Waals surface area contributed by atoms with E-state index in [1.807, 2.05) is 12.2 Å². The Labute approximate surface area is 175 Å². The van der Waals surface area contributed by atoms with E-state index in [-0.39, 0.29) is 30.2 Å². The normalized spacial score (nSPS) is 25.8. The molecule has 29 heavy (non-hydrogen) atoms. The molecule has 0 amide bonds. The van der Waals surface area contributed by atoms with Crippen molar-refractivity contribution >= 4 is 11.9 Å². The number of nitrogens with zero attached hydrogens (tertiary/aromatic N) is 1. The molecular weight excluding hydrogens is 370 g/mol. The van der Waals surface area contributed by atoms with Gasteiger partial charge in [-0.05, 0) is 73.6 Å². The monoisotopic (exact) mass is 409 g/mol. The van der Waals surface area contributed by atoms with Gasteiger partial charge in [-0.3, -0.25) is 14.4 Å². The molecule has 6 heteroatoms. The van der Waals surface area contributed by atoms with Crippen LogP contribution in [0.1, 0.15) is 80.1 Å². The molecule has 1 aliphatic heterocycles. The zero-order chi connectivity index (χ0) is 21.7. The predicted molar refractivity (Wildman–Crippen MR) is 112 cm³/mol. The lowest BCUT2D eigenvalue weighted by Crippen LogP contribution is -2.58. The van der Waals surface area contributed by atoms with Crippen LogP contribution in [0.3, 0.4) is 0 Å². The summed E-state index contributed by atoms with van der Waals surface area (Å²) in [4.78, 5) is 31.7. The standard InChI is InChI=1S/C23H39NO5/c1-7-27-19(25)23(20(26)28-8-2)16-9-12-18(23)13-10-17-29-24-21(3,4)14-11-15-22(24,5)6/h10,13,18H,7-9,11-12,14-17H2,1-6H3/b13-10+. The summed E-state index contributed by atoms with van der Waals surface area (Å²) < 4.78 is 10.5. The van der Waals surface area contributed by atoms with Crippen LogP contribution < -0.4 is 0 Å². The van der Waals surface area contributed by atoms with E-state index in [1.54, 1.807) is 13.8 Å². The molecule has 0 radical (unpaired) electrons. The number of ether oxygens (including phenoxy) is 2. The first kappa shape index (κ1) is 23.9. The Kier molecular flexibility index (Phi) is 7.91. The van der Waals surface area contributed by atoms with Crippen LogP contribution in [-0.2, 0) is 23.9 Å². The molecule has 1 saturated heterocycles. The molecule has 0 bridgehead atoms. The van der Waals surface area contributed by atoms with E-state index in [1.165, 1.54) is 6.42 Å². The zero-order valence-electron chi connectivity index (χ0n) is 19.1. The van der Waals surface area contributed by atoms with Gasteiger partial charge in [0.1, 0.15) is 0 Å². The lowest BCUT2D eigenvalue weighted by molar-refractivity contribution is -0.274. The first-order valence-corrected chi connectivity index (χ1v) is 11.1. The number of esters is 2. The number of allylic oxidation sites excluding steroid dienone is 1. The lowest BCUT2D eigenvalue weighted by atomic mass is 9.77. The van der Waals surface area contributed by atoms with Gasteiger partial charge in [-0.15, -0.1) is 0 Å². The second-order valence-electron chi connectivity index (χ2n) is 9.41. The Balaban J connectivity index is 2.11. The summed E-state index contributed by atoms with van der Waals surface area (Å²) in [6.07, 6.45) is 9.28. The van der Waals surface area contributed by atoms with Crippen molar-refractivity contribution in [3.63, 3.8) is 0 Å². The average molecular weight is 410 g/mol. The van der Waals surface area contributed by atoms with Gasteiger partial charge >= 0.3 is 11.9 Å². The summed E-state index contributed by atoms with van der Waals surface area (Å²) in [5.41, 5.74) is -1.28. The Bertz CT molecular complexity index is 576. The summed E-state index contributed by atoms with van der Waals surface area (Å²) in [5.74, 6) is -1.17. The van der Waals surface area contributed by atoms with Crippen molar-refractivity contribution in [1.82, 2.24) is 5.06 Å². The van der Waals surface area contributed by atoms with Gasteiger partial charge < -0.3 is 9.47 Å². The molecule has 6 nitrogen and oxygen atoms in total. The highest BCUT2D eigenvalue weighted by atomic mass is 16.7. The van der Waals surface area contributed by atoms with Gasteiger partial charge in [0.15, 0.2) is 5.41 Å². The third-order valence-corrected chi connectivity index (χ3v) is 6.34. The Morgan fingerprint density at radius 2 is 1.48 bits per heavy atom. The van der Waals surface area contributed by atoms with Gasteiger partial charge in [-0.2, -0.15) is 5.06 Å². The number of hydrogen-bond donors (Lipinski definition) is 0. The van der Waals surface area contributed by atoms with Crippen LogP contribution in [0, 0.1) is 11.3 Å². The molecule has 1 atom stereocenters. The molecular formula is C23H39NO5. The van der Waals surface area contributed by atoms with Gasteiger partial charge in [-0.25, -0.2) is 0 Å². The molecule has 1 heterocycles. The van der Waals surface area contributed by atoms with Crippen molar-refractivity contribution in [2.75, 3.05) is 19.8 Å². The second-order valence-corrected chi connectivity index (χ2v) is 9.41. The first-order valence-electron chi connectivity index (χ1n) is 11.1. The van der Waals surface area contributed by atoms with Crippen LogP contribution in [0.25, 0.3) is 0 Å². The van der Waals surface area contributed by atoms with E-state index in [4.69, 9.17) is 14.3 Å². The number of carbonyl (C=O) groups is 2. The number of rotatable bonds is 8. The van der Waals surface area contributed by atoms with Crippen LogP contribution in [0.2, 0.25) is 0 Å². The number of piperidine rings is 1. The molecule has 0 aromatic rings. The number of hydrogen-bond acceptors (Lipinski definition) is 6. The second kappa shape index (κ2) is 9.61. The van der Waals surface area contributed by atoms with Gasteiger partial charge in [-0.1, -0.05) is 18.6 Å². The summed E-state index contributed by atoms with van der Waals surface area (Å²) in [6.45, 7) is 13.3. The topological polar surface area (TPSA) is 65.1 Å². The molecule has 2 aliphatic rings. The summed E-state index contributed by atoms with van der Waals surface area (Å²) in [7, 11) is 0. The lowest BCUT2D eigenvalue weighted by Gasteiger charge is -2.51.